The number of likely N-dealkylation sites (tertiary alicyclic amines) is 1. The molecular formula is C26H36N2O5S2. The Kier molecular flexibility index (Phi) is 10.7. The van der Waals surface area contributed by atoms with Crippen molar-refractivity contribution in [3.05, 3.63) is 35.9 Å². The number of amides is 1. The van der Waals surface area contributed by atoms with E-state index in [0.29, 0.717) is 24.5 Å². The number of carbonyl (C=O) groups excluding carboxylic acids is 2. The topological polar surface area (TPSA) is 77.1 Å². The molecule has 1 N–H and O–H groups in total. The smallest absolute Gasteiger partial charge is 0.343 e. The monoisotopic (exact) mass is 520 g/mol. The summed E-state index contributed by atoms with van der Waals surface area (Å²) >= 11 is 11.3. The molecule has 192 valence electrons. The number of esters is 1. The van der Waals surface area contributed by atoms with E-state index in [4.69, 9.17) is 38.6 Å². The molecule has 1 aromatic rings. The van der Waals surface area contributed by atoms with Crippen LogP contribution in [0, 0.1) is 0 Å². The van der Waals surface area contributed by atoms with Gasteiger partial charge in [0.25, 0.3) is 0 Å². The molecule has 2 aliphatic rings. The summed E-state index contributed by atoms with van der Waals surface area (Å²) in [5, 5.41) is 3.23. The van der Waals surface area contributed by atoms with E-state index in [-0.39, 0.29) is 23.9 Å². The lowest BCUT2D eigenvalue weighted by Crippen LogP contribution is -2.67. The summed E-state index contributed by atoms with van der Waals surface area (Å²) in [4.78, 5) is 29.7. The van der Waals surface area contributed by atoms with Crippen LogP contribution in [0.25, 0.3) is 0 Å². The van der Waals surface area contributed by atoms with E-state index in [9.17, 15) is 9.59 Å². The van der Waals surface area contributed by atoms with Crippen molar-refractivity contribution in [2.45, 2.75) is 76.9 Å². The second-order valence-electron chi connectivity index (χ2n) is 8.93. The molecule has 0 bridgehead atoms. The zero-order valence-corrected chi connectivity index (χ0v) is 22.3. The molecule has 0 saturated carbocycles. The van der Waals surface area contributed by atoms with Gasteiger partial charge in [-0.25, -0.2) is 4.79 Å². The molecule has 2 heterocycles. The number of nitrogens with zero attached hydrogens (tertiary/aromatic N) is 1. The molecule has 2 fully saturated rings. The van der Waals surface area contributed by atoms with E-state index >= 15 is 0 Å². The third-order valence-electron chi connectivity index (χ3n) is 6.35. The second kappa shape index (κ2) is 13.5. The first-order valence-corrected chi connectivity index (χ1v) is 13.3. The molecule has 2 aliphatic heterocycles. The Labute approximate surface area is 218 Å². The van der Waals surface area contributed by atoms with Gasteiger partial charge in [0.1, 0.15) is 6.61 Å². The summed E-state index contributed by atoms with van der Waals surface area (Å²) in [7, 11) is 0. The van der Waals surface area contributed by atoms with Gasteiger partial charge >= 0.3 is 5.97 Å². The minimum absolute atomic E-state index is 0.0388. The highest BCUT2D eigenvalue weighted by Crippen LogP contribution is 2.36. The summed E-state index contributed by atoms with van der Waals surface area (Å²) in [5.41, 5.74) is -0.919. The van der Waals surface area contributed by atoms with E-state index in [1.54, 1.807) is 0 Å². The molecule has 2 saturated heterocycles. The standard InChI is InChI=1S/C26H36N2O5S2/c1-3-5-15-31-25(32-16-6-4-2)26(24(30)33-18-19-11-8-7-9-12-19)22(35)21(34)17-28(26)23(29)20-13-10-14-27-20/h7-9,11-12,20,25,27H,3-6,10,13-18H2,1-2H3/t20-,26+/m0/s1. The van der Waals surface area contributed by atoms with Crippen LogP contribution in [0.15, 0.2) is 30.3 Å². The molecule has 35 heavy (non-hydrogen) atoms. The first kappa shape index (κ1) is 27.8. The van der Waals surface area contributed by atoms with Gasteiger partial charge in [0.05, 0.1) is 22.3 Å². The fourth-order valence-electron chi connectivity index (χ4n) is 4.34. The Balaban J connectivity index is 2.00. The van der Waals surface area contributed by atoms with Gasteiger partial charge in [0.15, 0.2) is 6.29 Å². The van der Waals surface area contributed by atoms with Crippen LogP contribution in [0.2, 0.25) is 0 Å². The zero-order chi connectivity index (χ0) is 25.3. The number of benzene rings is 1. The van der Waals surface area contributed by atoms with Crippen LogP contribution in [0.4, 0.5) is 0 Å². The fourth-order valence-corrected chi connectivity index (χ4v) is 4.97. The van der Waals surface area contributed by atoms with Gasteiger partial charge in [-0.2, -0.15) is 0 Å². The largest absolute Gasteiger partial charge is 0.459 e. The van der Waals surface area contributed by atoms with Crippen molar-refractivity contribution in [2.24, 2.45) is 0 Å². The molecule has 0 radical (unpaired) electrons. The summed E-state index contributed by atoms with van der Waals surface area (Å²) in [5.74, 6) is -0.903. The van der Waals surface area contributed by atoms with Crippen molar-refractivity contribution in [2.75, 3.05) is 26.3 Å². The lowest BCUT2D eigenvalue weighted by molar-refractivity contribution is -0.210. The number of ether oxygens (including phenoxy) is 3. The molecule has 0 spiro atoms. The molecule has 1 aromatic carbocycles. The molecular weight excluding hydrogens is 484 g/mol. The predicted octanol–water partition coefficient (Wildman–Crippen LogP) is 3.76. The highest BCUT2D eigenvalue weighted by Gasteiger charge is 2.64. The molecule has 7 nitrogen and oxygen atoms in total. The molecule has 3 rings (SSSR count). The average Bonchev–Trinajstić information content (AvgIpc) is 3.50. The molecule has 0 unspecified atom stereocenters. The summed E-state index contributed by atoms with van der Waals surface area (Å²) in [6.45, 7) is 5.68. The van der Waals surface area contributed by atoms with E-state index < -0.39 is 23.8 Å². The summed E-state index contributed by atoms with van der Waals surface area (Å²) in [6.07, 6.45) is 3.82. The van der Waals surface area contributed by atoms with Crippen LogP contribution in [0.1, 0.15) is 57.9 Å². The van der Waals surface area contributed by atoms with Crippen LogP contribution >= 0.6 is 24.4 Å². The number of unbranched alkanes of at least 4 members (excludes halogenated alkanes) is 2. The fraction of sp³-hybridized carbons (Fsp3) is 0.615. The number of hydrogen-bond acceptors (Lipinski definition) is 8. The van der Waals surface area contributed by atoms with Crippen LogP contribution in [0.5, 0.6) is 0 Å². The van der Waals surface area contributed by atoms with Crippen molar-refractivity contribution < 1.29 is 23.8 Å². The van der Waals surface area contributed by atoms with Crippen LogP contribution in [-0.4, -0.2) is 70.7 Å². The maximum absolute atomic E-state index is 14.0. The third kappa shape index (κ3) is 6.32. The minimum atomic E-state index is -1.75. The maximum Gasteiger partial charge on any atom is 0.343 e. The Hall–Kier alpha value is -1.78. The lowest BCUT2D eigenvalue weighted by Gasteiger charge is -2.41. The minimum Gasteiger partial charge on any atom is -0.459 e. The van der Waals surface area contributed by atoms with Gasteiger partial charge in [0.2, 0.25) is 11.4 Å². The van der Waals surface area contributed by atoms with Gasteiger partial charge < -0.3 is 24.4 Å². The second-order valence-corrected chi connectivity index (χ2v) is 9.84. The normalized spacial score (nSPS) is 22.3. The van der Waals surface area contributed by atoms with Gasteiger partial charge in [-0.15, -0.1) is 0 Å². The molecule has 0 aliphatic carbocycles. The number of rotatable bonds is 13. The zero-order valence-electron chi connectivity index (χ0n) is 20.6. The van der Waals surface area contributed by atoms with Gasteiger partial charge in [-0.1, -0.05) is 81.5 Å². The van der Waals surface area contributed by atoms with Crippen molar-refractivity contribution in [3.8, 4) is 0 Å². The SMILES string of the molecule is CCCCOC(OCCCC)[C@]1(C(=O)OCc2ccccc2)C(=S)C(=S)CN1C(=O)[C@@H]1CCCN1. The lowest BCUT2D eigenvalue weighted by atomic mass is 9.93. The van der Waals surface area contributed by atoms with Crippen LogP contribution in [0.3, 0.4) is 0 Å². The van der Waals surface area contributed by atoms with Crippen molar-refractivity contribution in [1.29, 1.82) is 0 Å². The summed E-state index contributed by atoms with van der Waals surface area (Å²) in [6, 6.07) is 8.98. The summed E-state index contributed by atoms with van der Waals surface area (Å²) < 4.78 is 18.1. The number of nitrogens with one attached hydrogen (secondary N) is 1. The third-order valence-corrected chi connectivity index (χ3v) is 7.37. The molecule has 2 atom stereocenters. The van der Waals surface area contributed by atoms with E-state index in [2.05, 4.69) is 19.2 Å². The number of thiocarbonyl (C=S) groups is 2. The Morgan fingerprint density at radius 1 is 1.11 bits per heavy atom. The highest BCUT2D eigenvalue weighted by molar-refractivity contribution is 7.89. The maximum atomic E-state index is 14.0. The molecule has 0 aromatic heterocycles. The van der Waals surface area contributed by atoms with Gasteiger partial charge in [-0.3, -0.25) is 4.79 Å². The van der Waals surface area contributed by atoms with Crippen molar-refractivity contribution in [3.63, 3.8) is 0 Å². The van der Waals surface area contributed by atoms with Crippen LogP contribution < -0.4 is 5.32 Å². The van der Waals surface area contributed by atoms with E-state index in [1.807, 2.05) is 30.3 Å². The average molecular weight is 521 g/mol. The highest BCUT2D eigenvalue weighted by atomic mass is 32.1. The van der Waals surface area contributed by atoms with E-state index in [1.165, 1.54) is 4.90 Å². The Bertz CT molecular complexity index is 881. The van der Waals surface area contributed by atoms with Gasteiger partial charge in [-0.05, 0) is 37.8 Å². The predicted molar refractivity (Wildman–Crippen MR) is 142 cm³/mol. The number of hydrogen-bond donors (Lipinski definition) is 1. The van der Waals surface area contributed by atoms with Crippen molar-refractivity contribution in [1.82, 2.24) is 10.2 Å². The van der Waals surface area contributed by atoms with Crippen molar-refractivity contribution >= 4 is 46.0 Å². The van der Waals surface area contributed by atoms with E-state index in [0.717, 1.165) is 44.2 Å². The Morgan fingerprint density at radius 3 is 2.34 bits per heavy atom. The first-order chi connectivity index (χ1) is 17.0. The Morgan fingerprint density at radius 2 is 1.77 bits per heavy atom. The molecule has 1 amide bonds. The molecule has 9 heteroatoms. The first-order valence-electron chi connectivity index (χ1n) is 12.5. The number of carbonyl (C=O) groups is 2. The van der Waals surface area contributed by atoms with Crippen LogP contribution in [-0.2, 0) is 30.4 Å². The quantitative estimate of drug-likeness (QED) is 0.182. The van der Waals surface area contributed by atoms with Gasteiger partial charge in [0, 0.05) is 13.2 Å².